The Hall–Kier alpha value is -2.08. The second-order valence-electron chi connectivity index (χ2n) is 3.30. The van der Waals surface area contributed by atoms with Gasteiger partial charge in [-0.3, -0.25) is 0 Å². The molecule has 88 valence electrons. The molecule has 17 heavy (non-hydrogen) atoms. The number of nitrogens with one attached hydrogen (secondary N) is 2. The van der Waals surface area contributed by atoms with E-state index in [2.05, 4.69) is 14.7 Å². The first kappa shape index (κ1) is 11.4. The van der Waals surface area contributed by atoms with Gasteiger partial charge in [0, 0.05) is 12.4 Å². The van der Waals surface area contributed by atoms with Gasteiger partial charge < -0.3 is 4.98 Å². The summed E-state index contributed by atoms with van der Waals surface area (Å²) in [5.74, 6) is 0.197. The van der Waals surface area contributed by atoms with E-state index in [1.165, 1.54) is 12.3 Å². The van der Waals surface area contributed by atoms with Crippen molar-refractivity contribution in [2.75, 3.05) is 4.72 Å². The standard InChI is InChI=1S/C11H11N3O2S/c15-17(16,14-11-12-7-8-13-11)9-6-10-4-2-1-3-5-10/h1-9H,(H2,12,13,14). The molecule has 0 aliphatic carbocycles. The molecule has 0 fully saturated rings. The van der Waals surface area contributed by atoms with Gasteiger partial charge in [0.25, 0.3) is 10.0 Å². The number of rotatable bonds is 4. The van der Waals surface area contributed by atoms with Crippen LogP contribution in [0.1, 0.15) is 5.56 Å². The lowest BCUT2D eigenvalue weighted by Gasteiger charge is -1.99. The molecule has 0 aliphatic rings. The van der Waals surface area contributed by atoms with E-state index in [-0.39, 0.29) is 5.95 Å². The largest absolute Gasteiger partial charge is 0.330 e. The van der Waals surface area contributed by atoms with Gasteiger partial charge in [0.15, 0.2) is 0 Å². The van der Waals surface area contributed by atoms with Gasteiger partial charge >= 0.3 is 0 Å². The number of aromatic amines is 1. The zero-order valence-electron chi connectivity index (χ0n) is 8.87. The minimum Gasteiger partial charge on any atom is -0.330 e. The quantitative estimate of drug-likeness (QED) is 0.868. The van der Waals surface area contributed by atoms with E-state index in [1.807, 2.05) is 30.3 Å². The van der Waals surface area contributed by atoms with Crippen LogP contribution in [0.2, 0.25) is 0 Å². The first-order valence-electron chi connectivity index (χ1n) is 4.91. The fourth-order valence-corrected chi connectivity index (χ4v) is 2.01. The zero-order valence-corrected chi connectivity index (χ0v) is 9.68. The van der Waals surface area contributed by atoms with Crippen LogP contribution in [0.4, 0.5) is 5.95 Å². The van der Waals surface area contributed by atoms with Gasteiger partial charge in [-0.05, 0) is 11.6 Å². The van der Waals surface area contributed by atoms with Crippen LogP contribution >= 0.6 is 0 Å². The molecule has 2 rings (SSSR count). The van der Waals surface area contributed by atoms with Gasteiger partial charge in [-0.2, -0.15) is 0 Å². The third kappa shape index (κ3) is 3.46. The van der Waals surface area contributed by atoms with Crippen molar-refractivity contribution in [1.82, 2.24) is 9.97 Å². The maximum absolute atomic E-state index is 11.6. The van der Waals surface area contributed by atoms with Crippen molar-refractivity contribution in [1.29, 1.82) is 0 Å². The first-order chi connectivity index (χ1) is 8.16. The van der Waals surface area contributed by atoms with Gasteiger partial charge in [0.05, 0.1) is 5.41 Å². The maximum Gasteiger partial charge on any atom is 0.257 e. The third-order valence-corrected chi connectivity index (χ3v) is 2.95. The SMILES string of the molecule is O=S(=O)(C=Cc1ccccc1)Nc1ncc[nH]1. The second-order valence-corrected chi connectivity index (χ2v) is 4.86. The smallest absolute Gasteiger partial charge is 0.257 e. The number of hydrogen-bond donors (Lipinski definition) is 2. The van der Waals surface area contributed by atoms with Gasteiger partial charge in [-0.25, -0.2) is 18.1 Å². The van der Waals surface area contributed by atoms with Crippen LogP contribution in [-0.2, 0) is 10.0 Å². The van der Waals surface area contributed by atoms with Crippen molar-refractivity contribution in [3.05, 3.63) is 53.7 Å². The minimum atomic E-state index is -3.53. The first-order valence-corrected chi connectivity index (χ1v) is 6.46. The lowest BCUT2D eigenvalue weighted by molar-refractivity contribution is 0.609. The molecular weight excluding hydrogens is 238 g/mol. The number of nitrogens with zero attached hydrogens (tertiary/aromatic N) is 1. The van der Waals surface area contributed by atoms with Crippen LogP contribution in [0.5, 0.6) is 0 Å². The highest BCUT2D eigenvalue weighted by molar-refractivity contribution is 7.95. The van der Waals surface area contributed by atoms with Crippen molar-refractivity contribution >= 4 is 22.0 Å². The topological polar surface area (TPSA) is 74.8 Å². The Morgan fingerprint density at radius 2 is 2.00 bits per heavy atom. The Kier molecular flexibility index (Phi) is 3.24. The van der Waals surface area contributed by atoms with E-state index in [1.54, 1.807) is 6.20 Å². The molecule has 2 aromatic rings. The van der Waals surface area contributed by atoms with Crippen molar-refractivity contribution < 1.29 is 8.42 Å². The minimum absolute atomic E-state index is 0.197. The lowest BCUT2D eigenvalue weighted by atomic mass is 10.2. The fourth-order valence-electron chi connectivity index (χ4n) is 1.22. The molecule has 6 heteroatoms. The predicted octanol–water partition coefficient (Wildman–Crippen LogP) is 1.82. The molecular formula is C11H11N3O2S. The van der Waals surface area contributed by atoms with Gasteiger partial charge in [0.2, 0.25) is 5.95 Å². The van der Waals surface area contributed by atoms with Gasteiger partial charge in [0.1, 0.15) is 0 Å². The Balaban J connectivity index is 2.10. The number of aromatic nitrogens is 2. The fraction of sp³-hybridized carbons (Fsp3) is 0. The Morgan fingerprint density at radius 3 is 2.65 bits per heavy atom. The predicted molar refractivity (Wildman–Crippen MR) is 66.6 cm³/mol. The Labute approximate surface area is 99.3 Å². The van der Waals surface area contributed by atoms with E-state index in [0.717, 1.165) is 11.0 Å². The average molecular weight is 249 g/mol. The molecule has 0 unspecified atom stereocenters. The van der Waals surface area contributed by atoms with E-state index < -0.39 is 10.0 Å². The molecule has 0 atom stereocenters. The summed E-state index contributed by atoms with van der Waals surface area (Å²) in [4.78, 5) is 6.43. The second kappa shape index (κ2) is 4.84. The summed E-state index contributed by atoms with van der Waals surface area (Å²) >= 11 is 0. The Bertz CT molecular complexity index is 589. The number of H-pyrrole nitrogens is 1. The van der Waals surface area contributed by atoms with Crippen molar-refractivity contribution in [2.45, 2.75) is 0 Å². The lowest BCUT2D eigenvalue weighted by Crippen LogP contribution is -2.09. The monoisotopic (exact) mass is 249 g/mol. The normalized spacial score (nSPS) is 11.8. The number of imidazole rings is 1. The molecule has 0 saturated carbocycles. The summed E-state index contributed by atoms with van der Waals surface area (Å²) in [5, 5.41) is 1.10. The molecule has 1 heterocycles. The summed E-state index contributed by atoms with van der Waals surface area (Å²) in [5.41, 5.74) is 0.817. The summed E-state index contributed by atoms with van der Waals surface area (Å²) in [7, 11) is -3.53. The third-order valence-electron chi connectivity index (χ3n) is 1.98. The van der Waals surface area contributed by atoms with Crippen LogP contribution in [0.15, 0.2) is 48.1 Å². The molecule has 0 spiro atoms. The van der Waals surface area contributed by atoms with Crippen LogP contribution in [-0.4, -0.2) is 18.4 Å². The van der Waals surface area contributed by atoms with Gasteiger partial charge in [-0.1, -0.05) is 30.3 Å². The molecule has 0 amide bonds. The van der Waals surface area contributed by atoms with Crippen LogP contribution in [0.3, 0.4) is 0 Å². The van der Waals surface area contributed by atoms with E-state index in [0.29, 0.717) is 0 Å². The summed E-state index contributed by atoms with van der Waals surface area (Å²) in [6.45, 7) is 0. The highest BCUT2D eigenvalue weighted by atomic mass is 32.2. The highest BCUT2D eigenvalue weighted by Gasteiger charge is 2.06. The molecule has 0 bridgehead atoms. The number of sulfonamides is 1. The number of benzene rings is 1. The summed E-state index contributed by atoms with van der Waals surface area (Å²) in [6, 6.07) is 9.18. The highest BCUT2D eigenvalue weighted by Crippen LogP contribution is 2.05. The van der Waals surface area contributed by atoms with Crippen molar-refractivity contribution in [3.63, 3.8) is 0 Å². The molecule has 0 aliphatic heterocycles. The number of hydrogen-bond acceptors (Lipinski definition) is 3. The average Bonchev–Trinajstić information content (AvgIpc) is 2.80. The maximum atomic E-state index is 11.6. The molecule has 5 nitrogen and oxygen atoms in total. The molecule has 0 radical (unpaired) electrons. The van der Waals surface area contributed by atoms with E-state index in [9.17, 15) is 8.42 Å². The van der Waals surface area contributed by atoms with Crippen LogP contribution < -0.4 is 4.72 Å². The zero-order chi connectivity index (χ0) is 12.1. The molecule has 1 aromatic heterocycles. The van der Waals surface area contributed by atoms with E-state index in [4.69, 9.17) is 0 Å². The van der Waals surface area contributed by atoms with Crippen LogP contribution in [0, 0.1) is 0 Å². The summed E-state index contributed by atoms with van der Waals surface area (Å²) in [6.07, 6.45) is 4.53. The molecule has 2 N–H and O–H groups in total. The van der Waals surface area contributed by atoms with Crippen LogP contribution in [0.25, 0.3) is 6.08 Å². The Morgan fingerprint density at radius 1 is 1.24 bits per heavy atom. The van der Waals surface area contributed by atoms with Crippen molar-refractivity contribution in [2.24, 2.45) is 0 Å². The number of anilines is 1. The molecule has 0 saturated heterocycles. The van der Waals surface area contributed by atoms with Crippen molar-refractivity contribution in [3.8, 4) is 0 Å². The summed E-state index contributed by atoms with van der Waals surface area (Å²) < 4.78 is 25.5. The van der Waals surface area contributed by atoms with E-state index >= 15 is 0 Å². The molecule has 1 aromatic carbocycles. The van der Waals surface area contributed by atoms with Gasteiger partial charge in [-0.15, -0.1) is 0 Å².